The van der Waals surface area contributed by atoms with E-state index in [0.717, 1.165) is 5.56 Å². The van der Waals surface area contributed by atoms with Crippen molar-refractivity contribution >= 4 is 18.0 Å². The Hall–Kier alpha value is -2.36. The van der Waals surface area contributed by atoms with Crippen molar-refractivity contribution in [3.63, 3.8) is 0 Å². The highest BCUT2D eigenvalue weighted by Crippen LogP contribution is 2.07. The van der Waals surface area contributed by atoms with E-state index in [2.05, 4.69) is 4.74 Å². The predicted molar refractivity (Wildman–Crippen MR) is 72.6 cm³/mol. The Morgan fingerprint density at radius 3 is 2.47 bits per heavy atom. The topological polar surface area (TPSA) is 52.6 Å². The molecule has 0 heterocycles. The quantitative estimate of drug-likeness (QED) is 0.464. The summed E-state index contributed by atoms with van der Waals surface area (Å²) in [7, 11) is 1.33. The highest BCUT2D eigenvalue weighted by Gasteiger charge is 2.03. The number of rotatable bonds is 5. The second-order valence-corrected chi connectivity index (χ2v) is 3.65. The molecular weight excluding hydrogens is 244 g/mol. The number of hydrogen-bond donors (Lipinski definition) is 0. The lowest BCUT2D eigenvalue weighted by atomic mass is 10.1. The predicted octanol–water partition coefficient (Wildman–Crippen LogP) is 2.61. The standard InChI is InChI=1S/C15H16O4/c1-3-4-11-19-14(16)10-7-12-5-8-13(9-6-12)15(17)18-2/h3-10H,11H2,1-2H3. The summed E-state index contributed by atoms with van der Waals surface area (Å²) in [5.74, 6) is -0.795. The van der Waals surface area contributed by atoms with Crippen LogP contribution in [-0.4, -0.2) is 25.7 Å². The smallest absolute Gasteiger partial charge is 0.337 e. The summed E-state index contributed by atoms with van der Waals surface area (Å²) >= 11 is 0. The van der Waals surface area contributed by atoms with E-state index in [9.17, 15) is 9.59 Å². The number of esters is 2. The van der Waals surface area contributed by atoms with Gasteiger partial charge < -0.3 is 9.47 Å². The van der Waals surface area contributed by atoms with Gasteiger partial charge in [-0.2, -0.15) is 0 Å². The van der Waals surface area contributed by atoms with Crippen LogP contribution in [0, 0.1) is 0 Å². The molecule has 1 rings (SSSR count). The second kappa shape index (κ2) is 7.87. The maximum absolute atomic E-state index is 11.3. The molecule has 0 fully saturated rings. The lowest BCUT2D eigenvalue weighted by Gasteiger charge is -1.99. The van der Waals surface area contributed by atoms with Crippen LogP contribution in [-0.2, 0) is 14.3 Å². The van der Waals surface area contributed by atoms with Crippen LogP contribution in [0.5, 0.6) is 0 Å². The molecule has 0 saturated heterocycles. The lowest BCUT2D eigenvalue weighted by Crippen LogP contribution is -2.01. The summed E-state index contributed by atoms with van der Waals surface area (Å²) < 4.78 is 9.49. The minimum absolute atomic E-state index is 0.265. The van der Waals surface area contributed by atoms with Crippen LogP contribution in [0.3, 0.4) is 0 Å². The number of hydrogen-bond acceptors (Lipinski definition) is 4. The van der Waals surface area contributed by atoms with Gasteiger partial charge in [-0.05, 0) is 30.7 Å². The van der Waals surface area contributed by atoms with Gasteiger partial charge in [-0.1, -0.05) is 24.3 Å². The molecule has 0 spiro atoms. The van der Waals surface area contributed by atoms with Gasteiger partial charge in [0.2, 0.25) is 0 Å². The van der Waals surface area contributed by atoms with Crippen LogP contribution >= 0.6 is 0 Å². The highest BCUT2D eigenvalue weighted by atomic mass is 16.5. The molecule has 0 amide bonds. The van der Waals surface area contributed by atoms with Gasteiger partial charge in [0.15, 0.2) is 0 Å². The Morgan fingerprint density at radius 2 is 1.89 bits per heavy atom. The van der Waals surface area contributed by atoms with Crippen LogP contribution in [0.4, 0.5) is 0 Å². The number of ether oxygens (including phenoxy) is 2. The summed E-state index contributed by atoms with van der Waals surface area (Å²) in [6.07, 6.45) is 6.52. The Balaban J connectivity index is 2.57. The maximum atomic E-state index is 11.3. The summed E-state index contributed by atoms with van der Waals surface area (Å²) in [6.45, 7) is 2.12. The molecule has 4 heteroatoms. The minimum atomic E-state index is -0.407. The molecule has 100 valence electrons. The first-order valence-electron chi connectivity index (χ1n) is 5.81. The van der Waals surface area contributed by atoms with E-state index in [1.165, 1.54) is 13.2 Å². The van der Waals surface area contributed by atoms with Crippen LogP contribution in [0.2, 0.25) is 0 Å². The SMILES string of the molecule is CC=CCOC(=O)C=Cc1ccc(C(=O)OC)cc1. The van der Waals surface area contributed by atoms with E-state index in [-0.39, 0.29) is 12.6 Å². The summed E-state index contributed by atoms with van der Waals surface area (Å²) in [5.41, 5.74) is 1.27. The number of carbonyl (C=O) groups excluding carboxylic acids is 2. The van der Waals surface area contributed by atoms with Crippen LogP contribution in [0.15, 0.2) is 42.5 Å². The van der Waals surface area contributed by atoms with Crippen LogP contribution < -0.4 is 0 Å². The van der Waals surface area contributed by atoms with E-state index in [1.54, 1.807) is 36.4 Å². The number of allylic oxidation sites excluding steroid dienone is 1. The monoisotopic (exact) mass is 260 g/mol. The molecule has 19 heavy (non-hydrogen) atoms. The Bertz CT molecular complexity index is 483. The third kappa shape index (κ3) is 5.21. The second-order valence-electron chi connectivity index (χ2n) is 3.65. The van der Waals surface area contributed by atoms with Crippen LogP contribution in [0.25, 0.3) is 6.08 Å². The zero-order chi connectivity index (χ0) is 14.1. The van der Waals surface area contributed by atoms with Crippen molar-refractivity contribution < 1.29 is 19.1 Å². The lowest BCUT2D eigenvalue weighted by molar-refractivity contribution is -0.136. The molecule has 0 aliphatic heterocycles. The molecular formula is C15H16O4. The van der Waals surface area contributed by atoms with Crippen molar-refractivity contribution in [3.8, 4) is 0 Å². The van der Waals surface area contributed by atoms with Crippen molar-refractivity contribution in [2.75, 3.05) is 13.7 Å². The molecule has 0 N–H and O–H groups in total. The molecule has 1 aromatic rings. The van der Waals surface area contributed by atoms with Gasteiger partial charge in [0, 0.05) is 6.08 Å². The number of carbonyl (C=O) groups is 2. The van der Waals surface area contributed by atoms with Gasteiger partial charge in [-0.15, -0.1) is 0 Å². The summed E-state index contributed by atoms with van der Waals surface area (Å²) in [6, 6.07) is 6.72. The van der Waals surface area contributed by atoms with Gasteiger partial charge in [-0.25, -0.2) is 9.59 Å². The molecule has 0 aliphatic rings. The molecule has 1 aromatic carbocycles. The van der Waals surface area contributed by atoms with Crippen molar-refractivity contribution in [1.29, 1.82) is 0 Å². The van der Waals surface area contributed by atoms with Crippen molar-refractivity contribution in [2.24, 2.45) is 0 Å². The first-order chi connectivity index (χ1) is 9.17. The molecule has 0 bridgehead atoms. The number of methoxy groups -OCH3 is 1. The van der Waals surface area contributed by atoms with E-state index in [0.29, 0.717) is 5.56 Å². The van der Waals surface area contributed by atoms with Crippen molar-refractivity contribution in [1.82, 2.24) is 0 Å². The highest BCUT2D eigenvalue weighted by molar-refractivity contribution is 5.90. The summed E-state index contributed by atoms with van der Waals surface area (Å²) in [5, 5.41) is 0. The average Bonchev–Trinajstić information content (AvgIpc) is 2.45. The van der Waals surface area contributed by atoms with Crippen molar-refractivity contribution in [2.45, 2.75) is 6.92 Å². The van der Waals surface area contributed by atoms with Gasteiger partial charge in [0.1, 0.15) is 6.61 Å². The zero-order valence-corrected chi connectivity index (χ0v) is 11.0. The first-order valence-corrected chi connectivity index (χ1v) is 5.81. The fourth-order valence-corrected chi connectivity index (χ4v) is 1.29. The van der Waals surface area contributed by atoms with E-state index < -0.39 is 5.97 Å². The Morgan fingerprint density at radius 1 is 1.21 bits per heavy atom. The average molecular weight is 260 g/mol. The molecule has 0 atom stereocenters. The van der Waals surface area contributed by atoms with Gasteiger partial charge in [-0.3, -0.25) is 0 Å². The molecule has 0 aliphatic carbocycles. The molecule has 0 saturated carbocycles. The largest absolute Gasteiger partial charge is 0.465 e. The fraction of sp³-hybridized carbons (Fsp3) is 0.200. The maximum Gasteiger partial charge on any atom is 0.337 e. The van der Waals surface area contributed by atoms with Gasteiger partial charge >= 0.3 is 11.9 Å². The molecule has 0 aromatic heterocycles. The van der Waals surface area contributed by atoms with Gasteiger partial charge in [0.25, 0.3) is 0 Å². The van der Waals surface area contributed by atoms with E-state index in [1.807, 2.05) is 13.0 Å². The fourth-order valence-electron chi connectivity index (χ4n) is 1.29. The summed E-state index contributed by atoms with van der Waals surface area (Å²) in [4.78, 5) is 22.5. The van der Waals surface area contributed by atoms with E-state index in [4.69, 9.17) is 4.74 Å². The third-order valence-electron chi connectivity index (χ3n) is 2.30. The first kappa shape index (κ1) is 14.7. The molecule has 4 nitrogen and oxygen atoms in total. The van der Waals surface area contributed by atoms with Crippen LogP contribution in [0.1, 0.15) is 22.8 Å². The third-order valence-corrected chi connectivity index (χ3v) is 2.30. The minimum Gasteiger partial charge on any atom is -0.465 e. The molecule has 0 radical (unpaired) electrons. The van der Waals surface area contributed by atoms with E-state index >= 15 is 0 Å². The molecule has 0 unspecified atom stereocenters. The Kier molecular flexibility index (Phi) is 6.09. The zero-order valence-electron chi connectivity index (χ0n) is 11.0. The normalized spacial score (nSPS) is 10.8. The Labute approximate surface area is 112 Å². The van der Waals surface area contributed by atoms with Gasteiger partial charge in [0.05, 0.1) is 12.7 Å². The number of benzene rings is 1. The van der Waals surface area contributed by atoms with Crippen molar-refractivity contribution in [3.05, 3.63) is 53.6 Å².